The van der Waals surface area contributed by atoms with Gasteiger partial charge >= 0.3 is 0 Å². The first-order chi connectivity index (χ1) is 8.72. The second-order valence-electron chi connectivity index (χ2n) is 4.56. The summed E-state index contributed by atoms with van der Waals surface area (Å²) in [6.45, 7) is 6.51. The van der Waals surface area contributed by atoms with E-state index in [4.69, 9.17) is 11.6 Å². The SMILES string of the molecule is CCCc1nc(Cl)cc(N2CCSC(CC)C2)n1. The molecule has 0 N–H and O–H groups in total. The Balaban J connectivity index is 2.16. The first-order valence-electron chi connectivity index (χ1n) is 6.63. The zero-order valence-electron chi connectivity index (χ0n) is 11.0. The number of aryl methyl sites for hydroxylation is 1. The van der Waals surface area contributed by atoms with E-state index < -0.39 is 0 Å². The minimum absolute atomic E-state index is 0.565. The second kappa shape index (κ2) is 6.62. The van der Waals surface area contributed by atoms with Gasteiger partial charge in [-0.25, -0.2) is 9.97 Å². The summed E-state index contributed by atoms with van der Waals surface area (Å²) in [6, 6.07) is 1.89. The lowest BCUT2D eigenvalue weighted by Crippen LogP contribution is -2.38. The Morgan fingerprint density at radius 2 is 2.28 bits per heavy atom. The van der Waals surface area contributed by atoms with Gasteiger partial charge in [0.15, 0.2) is 0 Å². The van der Waals surface area contributed by atoms with Crippen LogP contribution >= 0.6 is 23.4 Å². The number of aromatic nitrogens is 2. The van der Waals surface area contributed by atoms with Gasteiger partial charge in [0.2, 0.25) is 0 Å². The molecule has 1 atom stereocenters. The van der Waals surface area contributed by atoms with E-state index in [2.05, 4.69) is 40.5 Å². The summed E-state index contributed by atoms with van der Waals surface area (Å²) in [5, 5.41) is 1.27. The Morgan fingerprint density at radius 1 is 1.44 bits per heavy atom. The van der Waals surface area contributed by atoms with E-state index in [1.165, 1.54) is 12.2 Å². The number of hydrogen-bond donors (Lipinski definition) is 0. The summed E-state index contributed by atoms with van der Waals surface area (Å²) in [4.78, 5) is 11.3. The van der Waals surface area contributed by atoms with Gasteiger partial charge in [-0.1, -0.05) is 25.4 Å². The Kier molecular flexibility index (Phi) is 5.13. The van der Waals surface area contributed by atoms with Crippen LogP contribution in [0.2, 0.25) is 5.15 Å². The van der Waals surface area contributed by atoms with Gasteiger partial charge < -0.3 is 4.90 Å². The molecule has 1 fully saturated rings. The molecule has 2 heterocycles. The standard InChI is InChI=1S/C13H20ClN3S/c1-3-5-12-15-11(14)8-13(16-12)17-6-7-18-10(4-2)9-17/h8,10H,3-7,9H2,1-2H3. The van der Waals surface area contributed by atoms with Gasteiger partial charge in [-0.05, 0) is 12.8 Å². The second-order valence-corrected chi connectivity index (χ2v) is 6.36. The molecule has 0 radical (unpaired) electrons. The van der Waals surface area contributed by atoms with Crippen molar-refractivity contribution in [3.05, 3.63) is 17.0 Å². The third kappa shape index (κ3) is 3.51. The molecule has 1 aromatic rings. The molecular weight excluding hydrogens is 266 g/mol. The summed E-state index contributed by atoms with van der Waals surface area (Å²) in [5.41, 5.74) is 0. The third-order valence-corrected chi connectivity index (χ3v) is 4.69. The molecule has 5 heteroatoms. The molecule has 1 aliphatic rings. The lowest BCUT2D eigenvalue weighted by Gasteiger charge is -2.32. The van der Waals surface area contributed by atoms with Crippen molar-refractivity contribution in [1.82, 2.24) is 9.97 Å². The molecule has 100 valence electrons. The molecule has 1 saturated heterocycles. The number of halogens is 1. The van der Waals surface area contributed by atoms with Crippen LogP contribution in [0.5, 0.6) is 0 Å². The monoisotopic (exact) mass is 285 g/mol. The normalized spacial score (nSPS) is 20.2. The van der Waals surface area contributed by atoms with Crippen molar-refractivity contribution in [3.8, 4) is 0 Å². The van der Waals surface area contributed by atoms with Crippen molar-refractivity contribution in [2.75, 3.05) is 23.7 Å². The third-order valence-electron chi connectivity index (χ3n) is 3.12. The van der Waals surface area contributed by atoms with Crippen LogP contribution in [0.1, 0.15) is 32.5 Å². The number of anilines is 1. The van der Waals surface area contributed by atoms with Crippen LogP contribution in [-0.2, 0) is 6.42 Å². The zero-order chi connectivity index (χ0) is 13.0. The van der Waals surface area contributed by atoms with Crippen molar-refractivity contribution in [1.29, 1.82) is 0 Å². The Labute approximate surface area is 118 Å². The van der Waals surface area contributed by atoms with Crippen molar-refractivity contribution >= 4 is 29.2 Å². The van der Waals surface area contributed by atoms with E-state index in [-0.39, 0.29) is 0 Å². The molecule has 0 aromatic carbocycles. The molecule has 0 bridgehead atoms. The molecule has 0 spiro atoms. The average molecular weight is 286 g/mol. The van der Waals surface area contributed by atoms with E-state index in [0.29, 0.717) is 10.4 Å². The smallest absolute Gasteiger partial charge is 0.134 e. The van der Waals surface area contributed by atoms with Gasteiger partial charge in [0.1, 0.15) is 16.8 Å². The van der Waals surface area contributed by atoms with Gasteiger partial charge in [-0.3, -0.25) is 0 Å². The Bertz CT molecular complexity index is 400. The van der Waals surface area contributed by atoms with Crippen LogP contribution < -0.4 is 4.90 Å². The van der Waals surface area contributed by atoms with Gasteiger partial charge in [0.25, 0.3) is 0 Å². The van der Waals surface area contributed by atoms with Crippen LogP contribution in [0.3, 0.4) is 0 Å². The molecule has 0 saturated carbocycles. The van der Waals surface area contributed by atoms with Crippen molar-refractivity contribution < 1.29 is 0 Å². The van der Waals surface area contributed by atoms with Crippen molar-refractivity contribution in [2.24, 2.45) is 0 Å². The quantitative estimate of drug-likeness (QED) is 0.793. The number of hydrogen-bond acceptors (Lipinski definition) is 4. The lowest BCUT2D eigenvalue weighted by molar-refractivity contribution is 0.712. The largest absolute Gasteiger partial charge is 0.355 e. The highest BCUT2D eigenvalue weighted by molar-refractivity contribution is 8.00. The fourth-order valence-corrected chi connectivity index (χ4v) is 3.50. The predicted octanol–water partition coefficient (Wildman–Crippen LogP) is 3.41. The maximum Gasteiger partial charge on any atom is 0.134 e. The first kappa shape index (κ1) is 13.9. The first-order valence-corrected chi connectivity index (χ1v) is 8.05. The van der Waals surface area contributed by atoms with Gasteiger partial charge in [0, 0.05) is 36.6 Å². The highest BCUT2D eigenvalue weighted by Crippen LogP contribution is 2.25. The molecule has 0 amide bonds. The minimum atomic E-state index is 0.565. The number of rotatable bonds is 4. The topological polar surface area (TPSA) is 29.0 Å². The average Bonchev–Trinajstić information content (AvgIpc) is 2.38. The Morgan fingerprint density at radius 3 is 3.00 bits per heavy atom. The molecular formula is C13H20ClN3S. The van der Waals surface area contributed by atoms with Crippen LogP contribution in [0.25, 0.3) is 0 Å². The molecule has 0 aliphatic carbocycles. The summed E-state index contributed by atoms with van der Waals surface area (Å²) < 4.78 is 0. The molecule has 1 aliphatic heterocycles. The van der Waals surface area contributed by atoms with E-state index in [1.807, 2.05) is 6.07 Å². The van der Waals surface area contributed by atoms with Crippen LogP contribution in [0.4, 0.5) is 5.82 Å². The summed E-state index contributed by atoms with van der Waals surface area (Å²) >= 11 is 8.15. The Hall–Kier alpha value is -0.480. The summed E-state index contributed by atoms with van der Waals surface area (Å²) in [7, 11) is 0. The highest BCUT2D eigenvalue weighted by atomic mass is 35.5. The van der Waals surface area contributed by atoms with Crippen LogP contribution in [-0.4, -0.2) is 34.1 Å². The number of thioether (sulfide) groups is 1. The molecule has 1 unspecified atom stereocenters. The molecule has 2 rings (SSSR count). The molecule has 18 heavy (non-hydrogen) atoms. The van der Waals surface area contributed by atoms with E-state index >= 15 is 0 Å². The highest BCUT2D eigenvalue weighted by Gasteiger charge is 2.20. The minimum Gasteiger partial charge on any atom is -0.355 e. The molecule has 3 nitrogen and oxygen atoms in total. The zero-order valence-corrected chi connectivity index (χ0v) is 12.6. The fraction of sp³-hybridized carbons (Fsp3) is 0.692. The van der Waals surface area contributed by atoms with Crippen molar-refractivity contribution in [3.63, 3.8) is 0 Å². The van der Waals surface area contributed by atoms with Gasteiger partial charge in [0.05, 0.1) is 0 Å². The summed E-state index contributed by atoms with van der Waals surface area (Å²) in [5.74, 6) is 3.03. The number of nitrogens with zero attached hydrogens (tertiary/aromatic N) is 3. The van der Waals surface area contributed by atoms with E-state index in [1.54, 1.807) is 0 Å². The van der Waals surface area contributed by atoms with Crippen LogP contribution in [0, 0.1) is 0 Å². The van der Waals surface area contributed by atoms with Crippen LogP contribution in [0.15, 0.2) is 6.07 Å². The summed E-state index contributed by atoms with van der Waals surface area (Å²) in [6.07, 6.45) is 3.16. The van der Waals surface area contributed by atoms with E-state index in [0.717, 1.165) is 37.6 Å². The molecule has 1 aromatic heterocycles. The lowest BCUT2D eigenvalue weighted by atomic mass is 10.3. The fourth-order valence-electron chi connectivity index (χ4n) is 2.12. The van der Waals surface area contributed by atoms with Gasteiger partial charge in [-0.15, -0.1) is 0 Å². The van der Waals surface area contributed by atoms with E-state index in [9.17, 15) is 0 Å². The van der Waals surface area contributed by atoms with Gasteiger partial charge in [-0.2, -0.15) is 11.8 Å². The maximum atomic E-state index is 6.09. The predicted molar refractivity (Wildman–Crippen MR) is 79.8 cm³/mol. The van der Waals surface area contributed by atoms with Crippen molar-refractivity contribution in [2.45, 2.75) is 38.4 Å². The maximum absolute atomic E-state index is 6.09.